The van der Waals surface area contributed by atoms with Gasteiger partial charge in [0.05, 0.1) is 104 Å². The Morgan fingerprint density at radius 1 is 0.556 bits per heavy atom. The molecule has 0 spiro atoms. The number of hydrogen-bond acceptors (Lipinski definition) is 12. The summed E-state index contributed by atoms with van der Waals surface area (Å²) in [4.78, 5) is 24.8. The van der Waals surface area contributed by atoms with Gasteiger partial charge in [0.2, 0.25) is 0 Å². The normalized spacial score (nSPS) is 19.1. The first kappa shape index (κ1) is 38.8. The monoisotopic (exact) mass is 746 g/mol. The third-order valence-electron chi connectivity index (χ3n) is 10.3. The number of benzene rings is 4. The van der Waals surface area contributed by atoms with Gasteiger partial charge >= 0.3 is 11.9 Å². The van der Waals surface area contributed by atoms with Crippen molar-refractivity contribution < 1.29 is 57.0 Å². The van der Waals surface area contributed by atoms with Crippen molar-refractivity contribution in [1.29, 1.82) is 0 Å². The van der Waals surface area contributed by atoms with Gasteiger partial charge in [-0.15, -0.1) is 0 Å². The minimum absolute atomic E-state index is 0.127. The summed E-state index contributed by atoms with van der Waals surface area (Å²) in [6.45, 7) is 8.06. The van der Waals surface area contributed by atoms with E-state index in [-0.39, 0.29) is 37.0 Å². The molecule has 0 fully saturated rings. The van der Waals surface area contributed by atoms with Crippen LogP contribution in [0.1, 0.15) is 75.0 Å². The van der Waals surface area contributed by atoms with E-state index in [9.17, 15) is 9.59 Å². The minimum atomic E-state index is -0.422. The predicted molar refractivity (Wildman–Crippen MR) is 203 cm³/mol. The number of fused-ring (bicyclic) bond motifs is 4. The van der Waals surface area contributed by atoms with Crippen LogP contribution in [0.3, 0.4) is 0 Å². The predicted octanol–water partition coefficient (Wildman–Crippen LogP) is 7.62. The third-order valence-corrected chi connectivity index (χ3v) is 10.3. The fourth-order valence-electron chi connectivity index (χ4n) is 8.43. The standard InChI is InChI=1S/C42H50O12/c1-11-51-31(43)19-23-17-29-33(21(3)53-23)41(49-9)35-27(37(29)45-5)15-13-25(39(35)47-7)26-14-16-28-36(40(26)48-8)42(50-10)34-22(4)54-24(20-32(44)52-12-2)18-30(34)38(28)46-6/h13-16,21-24H,11-12,17-20H2,1-10H3. The van der Waals surface area contributed by atoms with Crippen molar-refractivity contribution in [2.24, 2.45) is 0 Å². The van der Waals surface area contributed by atoms with E-state index in [1.807, 2.05) is 38.1 Å². The number of esters is 2. The summed E-state index contributed by atoms with van der Waals surface area (Å²) >= 11 is 0. The Bertz CT molecular complexity index is 1920. The maximum atomic E-state index is 12.4. The van der Waals surface area contributed by atoms with E-state index in [0.717, 1.165) is 44.2 Å². The zero-order valence-electron chi connectivity index (χ0n) is 32.8. The summed E-state index contributed by atoms with van der Waals surface area (Å²) in [6, 6.07) is 7.93. The Morgan fingerprint density at radius 2 is 0.907 bits per heavy atom. The Morgan fingerprint density at radius 3 is 1.22 bits per heavy atom. The lowest BCUT2D eigenvalue weighted by Crippen LogP contribution is -2.29. The maximum Gasteiger partial charge on any atom is 0.308 e. The van der Waals surface area contributed by atoms with E-state index in [0.29, 0.717) is 71.3 Å². The largest absolute Gasteiger partial charge is 0.496 e. The summed E-state index contributed by atoms with van der Waals surface area (Å²) in [5.41, 5.74) is 4.97. The van der Waals surface area contributed by atoms with E-state index in [2.05, 4.69) is 0 Å². The second-order valence-corrected chi connectivity index (χ2v) is 13.3. The van der Waals surface area contributed by atoms with Crippen LogP contribution < -0.4 is 28.4 Å². The number of ether oxygens (including phenoxy) is 10. The molecule has 4 aromatic carbocycles. The molecule has 54 heavy (non-hydrogen) atoms. The fourth-order valence-corrected chi connectivity index (χ4v) is 8.43. The van der Waals surface area contributed by atoms with Crippen LogP contribution in [0.25, 0.3) is 32.7 Å². The zero-order valence-corrected chi connectivity index (χ0v) is 32.8. The summed E-state index contributed by atoms with van der Waals surface area (Å²) in [6.07, 6.45) is -0.492. The first-order valence-corrected chi connectivity index (χ1v) is 18.3. The molecule has 0 saturated carbocycles. The van der Waals surface area contributed by atoms with Gasteiger partial charge < -0.3 is 47.4 Å². The molecule has 0 aliphatic carbocycles. The number of rotatable bonds is 13. The van der Waals surface area contributed by atoms with Gasteiger partial charge in [0, 0.05) is 57.0 Å². The molecule has 0 bridgehead atoms. The number of methoxy groups -OCH3 is 6. The molecule has 0 radical (unpaired) electrons. The smallest absolute Gasteiger partial charge is 0.308 e. The van der Waals surface area contributed by atoms with Gasteiger partial charge in [-0.05, 0) is 52.0 Å². The summed E-state index contributed by atoms with van der Waals surface area (Å²) in [5.74, 6) is 2.99. The van der Waals surface area contributed by atoms with Gasteiger partial charge in [0.15, 0.2) is 0 Å². The third kappa shape index (κ3) is 6.59. The van der Waals surface area contributed by atoms with Crippen LogP contribution in [0.5, 0.6) is 34.5 Å². The minimum Gasteiger partial charge on any atom is -0.496 e. The van der Waals surface area contributed by atoms with Crippen molar-refractivity contribution in [2.45, 2.75) is 77.8 Å². The van der Waals surface area contributed by atoms with Crippen molar-refractivity contribution in [3.8, 4) is 45.6 Å². The first-order valence-electron chi connectivity index (χ1n) is 18.3. The van der Waals surface area contributed by atoms with Crippen LogP contribution in [-0.2, 0) is 41.4 Å². The molecule has 2 aliphatic rings. The van der Waals surface area contributed by atoms with Crippen LogP contribution in [0.4, 0.5) is 0 Å². The number of hydrogen-bond donors (Lipinski definition) is 0. The van der Waals surface area contributed by atoms with Crippen molar-refractivity contribution >= 4 is 33.5 Å². The van der Waals surface area contributed by atoms with Crippen LogP contribution in [0.2, 0.25) is 0 Å². The van der Waals surface area contributed by atoms with Crippen LogP contribution in [0, 0.1) is 0 Å². The Balaban J connectivity index is 1.57. The van der Waals surface area contributed by atoms with E-state index >= 15 is 0 Å². The van der Waals surface area contributed by atoms with Gasteiger partial charge in [-0.1, -0.05) is 0 Å². The molecule has 4 atom stereocenters. The summed E-state index contributed by atoms with van der Waals surface area (Å²) in [5, 5.41) is 2.99. The number of carbonyl (C=O) groups is 2. The van der Waals surface area contributed by atoms with E-state index in [1.165, 1.54) is 0 Å². The molecule has 2 heterocycles. The zero-order chi connectivity index (χ0) is 38.8. The Labute approximate surface area is 315 Å². The lowest BCUT2D eigenvalue weighted by molar-refractivity contribution is -0.149. The lowest BCUT2D eigenvalue weighted by Gasteiger charge is -2.34. The molecular weight excluding hydrogens is 696 g/mol. The quantitative estimate of drug-likeness (QED) is 0.125. The SMILES string of the molecule is CCOC(=O)CC1Cc2c(c(OC)c3c(OC)c(-c4ccc5c(OC)c6c(c(OC)c5c4OC)C(C)OC(CC(=O)OCC)C6)ccc3c2OC)C(C)O1. The summed E-state index contributed by atoms with van der Waals surface area (Å²) in [7, 11) is 9.78. The highest BCUT2D eigenvalue weighted by Crippen LogP contribution is 2.56. The highest BCUT2D eigenvalue weighted by molar-refractivity contribution is 6.09. The molecule has 0 aromatic heterocycles. The maximum absolute atomic E-state index is 12.4. The van der Waals surface area contributed by atoms with Crippen molar-refractivity contribution in [1.82, 2.24) is 0 Å². The molecule has 2 aliphatic heterocycles. The van der Waals surface area contributed by atoms with Gasteiger partial charge in [-0.25, -0.2) is 0 Å². The van der Waals surface area contributed by atoms with Crippen molar-refractivity contribution in [3.05, 3.63) is 46.5 Å². The van der Waals surface area contributed by atoms with Gasteiger partial charge in [-0.3, -0.25) is 9.59 Å². The van der Waals surface area contributed by atoms with Gasteiger partial charge in [-0.2, -0.15) is 0 Å². The van der Waals surface area contributed by atoms with E-state index in [1.54, 1.807) is 56.5 Å². The topological polar surface area (TPSA) is 126 Å². The molecule has 4 aromatic rings. The van der Waals surface area contributed by atoms with Crippen LogP contribution >= 0.6 is 0 Å². The molecule has 0 saturated heterocycles. The molecule has 0 N–H and O–H groups in total. The molecular formula is C42H50O12. The average molecular weight is 747 g/mol. The second kappa shape index (κ2) is 16.2. The molecule has 0 amide bonds. The average Bonchev–Trinajstić information content (AvgIpc) is 3.15. The first-order chi connectivity index (χ1) is 26.1. The molecule has 12 nitrogen and oxygen atoms in total. The lowest BCUT2D eigenvalue weighted by atomic mass is 9.85. The second-order valence-electron chi connectivity index (χ2n) is 13.3. The molecule has 6 rings (SSSR count). The molecule has 12 heteroatoms. The van der Waals surface area contributed by atoms with Crippen molar-refractivity contribution in [3.63, 3.8) is 0 Å². The Hall–Kier alpha value is -4.94. The van der Waals surface area contributed by atoms with E-state index in [4.69, 9.17) is 47.4 Å². The highest BCUT2D eigenvalue weighted by Gasteiger charge is 2.37. The van der Waals surface area contributed by atoms with Crippen LogP contribution in [-0.4, -0.2) is 80.0 Å². The highest BCUT2D eigenvalue weighted by atomic mass is 16.5. The number of carbonyl (C=O) groups excluding carboxylic acids is 2. The molecule has 4 unspecified atom stereocenters. The molecule has 290 valence electrons. The fraction of sp³-hybridized carbons (Fsp3) is 0.476. The van der Waals surface area contributed by atoms with Crippen molar-refractivity contribution in [2.75, 3.05) is 55.9 Å². The van der Waals surface area contributed by atoms with Gasteiger partial charge in [0.1, 0.15) is 34.5 Å². The Kier molecular flexibility index (Phi) is 11.6. The van der Waals surface area contributed by atoms with Gasteiger partial charge in [0.25, 0.3) is 0 Å². The summed E-state index contributed by atoms with van der Waals surface area (Å²) < 4.78 is 60.3. The van der Waals surface area contributed by atoms with E-state index < -0.39 is 12.2 Å². The van der Waals surface area contributed by atoms with Crippen LogP contribution in [0.15, 0.2) is 24.3 Å².